The molecule has 0 saturated carbocycles. The van der Waals surface area contributed by atoms with Crippen LogP contribution in [0.1, 0.15) is 21.4 Å². The van der Waals surface area contributed by atoms with Gasteiger partial charge in [-0.1, -0.05) is 23.7 Å². The Hall–Kier alpha value is -0.870. The van der Waals surface area contributed by atoms with E-state index in [9.17, 15) is 0 Å². The SMILES string of the molecule is Cc1ccc(C(CN)N(C)Cc2ccc(Cl)cc2)s1. The number of hydrogen-bond donors (Lipinski definition) is 1. The molecule has 1 atom stereocenters. The van der Waals surface area contributed by atoms with Crippen LogP contribution in [0.5, 0.6) is 0 Å². The minimum Gasteiger partial charge on any atom is -0.329 e. The Bertz CT molecular complexity index is 521. The number of nitrogens with two attached hydrogens (primary N) is 1. The van der Waals surface area contributed by atoms with Crippen LogP contribution in [0.4, 0.5) is 0 Å². The van der Waals surface area contributed by atoms with E-state index >= 15 is 0 Å². The summed E-state index contributed by atoms with van der Waals surface area (Å²) in [6.45, 7) is 3.63. The van der Waals surface area contributed by atoms with E-state index in [0.29, 0.717) is 6.54 Å². The largest absolute Gasteiger partial charge is 0.329 e. The van der Waals surface area contributed by atoms with Crippen molar-refractivity contribution in [1.29, 1.82) is 0 Å². The molecule has 19 heavy (non-hydrogen) atoms. The number of nitrogens with zero attached hydrogens (tertiary/aromatic N) is 1. The van der Waals surface area contributed by atoms with E-state index < -0.39 is 0 Å². The Balaban J connectivity index is 2.08. The summed E-state index contributed by atoms with van der Waals surface area (Å²) in [6, 6.07) is 12.6. The molecule has 0 spiro atoms. The first-order valence-corrected chi connectivity index (χ1v) is 7.50. The van der Waals surface area contributed by atoms with Crippen LogP contribution in [0.3, 0.4) is 0 Å². The summed E-state index contributed by atoms with van der Waals surface area (Å²) in [5.41, 5.74) is 7.19. The van der Waals surface area contributed by atoms with Crippen molar-refractivity contribution in [3.63, 3.8) is 0 Å². The van der Waals surface area contributed by atoms with Gasteiger partial charge >= 0.3 is 0 Å². The molecule has 0 aliphatic carbocycles. The molecule has 4 heteroatoms. The van der Waals surface area contributed by atoms with Gasteiger partial charge in [0.05, 0.1) is 6.04 Å². The van der Waals surface area contributed by atoms with Gasteiger partial charge < -0.3 is 5.73 Å². The topological polar surface area (TPSA) is 29.3 Å². The summed E-state index contributed by atoms with van der Waals surface area (Å²) in [4.78, 5) is 4.94. The molecule has 0 saturated heterocycles. The molecule has 2 rings (SSSR count). The van der Waals surface area contributed by atoms with Gasteiger partial charge in [-0.15, -0.1) is 11.3 Å². The van der Waals surface area contributed by atoms with Crippen molar-refractivity contribution in [2.24, 2.45) is 5.73 Å². The molecular weight excluding hydrogens is 276 g/mol. The quantitative estimate of drug-likeness (QED) is 0.908. The number of benzene rings is 1. The fraction of sp³-hybridized carbons (Fsp3) is 0.333. The van der Waals surface area contributed by atoms with Crippen molar-refractivity contribution in [3.05, 3.63) is 56.7 Å². The minimum absolute atomic E-state index is 0.273. The maximum atomic E-state index is 5.94. The molecule has 0 fully saturated rings. The average molecular weight is 295 g/mol. The van der Waals surface area contributed by atoms with E-state index in [1.807, 2.05) is 23.5 Å². The van der Waals surface area contributed by atoms with E-state index in [1.165, 1.54) is 15.3 Å². The first-order chi connectivity index (χ1) is 9.10. The van der Waals surface area contributed by atoms with E-state index in [-0.39, 0.29) is 6.04 Å². The summed E-state index contributed by atoms with van der Waals surface area (Å²) >= 11 is 7.72. The Morgan fingerprint density at radius 1 is 1.21 bits per heavy atom. The average Bonchev–Trinajstić information content (AvgIpc) is 2.80. The van der Waals surface area contributed by atoms with Crippen molar-refractivity contribution in [2.45, 2.75) is 19.5 Å². The molecule has 0 aliphatic rings. The molecule has 0 radical (unpaired) electrons. The van der Waals surface area contributed by atoms with E-state index in [4.69, 9.17) is 17.3 Å². The Morgan fingerprint density at radius 2 is 1.89 bits per heavy atom. The van der Waals surface area contributed by atoms with E-state index in [1.54, 1.807) is 0 Å². The monoisotopic (exact) mass is 294 g/mol. The molecule has 2 aromatic rings. The second kappa shape index (κ2) is 6.53. The molecule has 1 aromatic carbocycles. The second-order valence-electron chi connectivity index (χ2n) is 4.74. The van der Waals surface area contributed by atoms with Gasteiger partial charge in [0.15, 0.2) is 0 Å². The van der Waals surface area contributed by atoms with Crippen molar-refractivity contribution in [2.75, 3.05) is 13.6 Å². The first kappa shape index (κ1) is 14.5. The minimum atomic E-state index is 0.273. The number of likely N-dealkylation sites (N-methyl/N-ethyl adjacent to an activating group) is 1. The van der Waals surface area contributed by atoms with Gasteiger partial charge in [0.25, 0.3) is 0 Å². The predicted molar refractivity (Wildman–Crippen MR) is 83.8 cm³/mol. The number of aryl methyl sites for hydroxylation is 1. The highest BCUT2D eigenvalue weighted by molar-refractivity contribution is 7.12. The highest BCUT2D eigenvalue weighted by atomic mass is 35.5. The van der Waals surface area contributed by atoms with Crippen LogP contribution in [0.25, 0.3) is 0 Å². The van der Waals surface area contributed by atoms with Crippen LogP contribution in [-0.2, 0) is 6.54 Å². The standard InChI is InChI=1S/C15H19ClN2S/c1-11-3-8-15(19-11)14(9-17)18(2)10-12-4-6-13(16)7-5-12/h3-8,14H,9-10,17H2,1-2H3. The molecule has 1 heterocycles. The van der Waals surface area contributed by atoms with Crippen LogP contribution in [0.2, 0.25) is 5.02 Å². The Labute approximate surface area is 123 Å². The summed E-state index contributed by atoms with van der Waals surface area (Å²) in [7, 11) is 2.11. The lowest BCUT2D eigenvalue weighted by molar-refractivity contribution is 0.245. The molecule has 1 unspecified atom stereocenters. The van der Waals surface area contributed by atoms with Gasteiger partial charge in [0, 0.05) is 27.9 Å². The third-order valence-corrected chi connectivity index (χ3v) is 4.54. The fourth-order valence-corrected chi connectivity index (χ4v) is 3.32. The molecule has 0 aliphatic heterocycles. The molecule has 102 valence electrons. The number of halogens is 1. The number of hydrogen-bond acceptors (Lipinski definition) is 3. The molecule has 2 N–H and O–H groups in total. The van der Waals surface area contributed by atoms with E-state index in [0.717, 1.165) is 11.6 Å². The van der Waals surface area contributed by atoms with Crippen LogP contribution in [0, 0.1) is 6.92 Å². The maximum absolute atomic E-state index is 5.94. The van der Waals surface area contributed by atoms with Crippen LogP contribution in [-0.4, -0.2) is 18.5 Å². The lowest BCUT2D eigenvalue weighted by atomic mass is 10.1. The zero-order valence-corrected chi connectivity index (χ0v) is 12.8. The van der Waals surface area contributed by atoms with E-state index in [2.05, 4.69) is 43.1 Å². The zero-order valence-electron chi connectivity index (χ0n) is 11.3. The first-order valence-electron chi connectivity index (χ1n) is 6.31. The highest BCUT2D eigenvalue weighted by Crippen LogP contribution is 2.27. The van der Waals surface area contributed by atoms with Gasteiger partial charge in [-0.3, -0.25) is 4.90 Å². The third-order valence-electron chi connectivity index (χ3n) is 3.19. The smallest absolute Gasteiger partial charge is 0.0564 e. The number of thiophene rings is 1. The molecule has 0 bridgehead atoms. The molecular formula is C15H19ClN2S. The second-order valence-corrected chi connectivity index (χ2v) is 6.50. The fourth-order valence-electron chi connectivity index (χ4n) is 2.13. The zero-order chi connectivity index (χ0) is 13.8. The lowest BCUT2D eigenvalue weighted by Crippen LogP contribution is -2.29. The molecule has 0 amide bonds. The van der Waals surface area contributed by atoms with Crippen molar-refractivity contribution in [3.8, 4) is 0 Å². The third kappa shape index (κ3) is 3.80. The number of rotatable bonds is 5. The summed E-state index contributed by atoms with van der Waals surface area (Å²) in [5.74, 6) is 0. The van der Waals surface area contributed by atoms with Gasteiger partial charge in [-0.25, -0.2) is 0 Å². The Kier molecular flexibility index (Phi) is 4.99. The Morgan fingerprint density at radius 3 is 2.42 bits per heavy atom. The van der Waals surface area contributed by atoms with Crippen LogP contribution in [0.15, 0.2) is 36.4 Å². The summed E-state index contributed by atoms with van der Waals surface area (Å²) in [6.07, 6.45) is 0. The maximum Gasteiger partial charge on any atom is 0.0564 e. The van der Waals surface area contributed by atoms with Gasteiger partial charge in [-0.2, -0.15) is 0 Å². The summed E-state index contributed by atoms with van der Waals surface area (Å²) < 4.78 is 0. The van der Waals surface area contributed by atoms with Crippen molar-refractivity contribution in [1.82, 2.24) is 4.90 Å². The van der Waals surface area contributed by atoms with Crippen LogP contribution >= 0.6 is 22.9 Å². The lowest BCUT2D eigenvalue weighted by Gasteiger charge is -2.26. The normalized spacial score (nSPS) is 12.9. The van der Waals surface area contributed by atoms with Crippen molar-refractivity contribution < 1.29 is 0 Å². The predicted octanol–water partition coefficient (Wildman–Crippen LogP) is 3.84. The van der Waals surface area contributed by atoms with Crippen LogP contribution < -0.4 is 5.73 Å². The van der Waals surface area contributed by atoms with Gasteiger partial charge in [0.1, 0.15) is 0 Å². The highest BCUT2D eigenvalue weighted by Gasteiger charge is 2.17. The van der Waals surface area contributed by atoms with Gasteiger partial charge in [-0.05, 0) is 43.8 Å². The van der Waals surface area contributed by atoms with Gasteiger partial charge in [0.2, 0.25) is 0 Å². The molecule has 1 aromatic heterocycles. The molecule has 2 nitrogen and oxygen atoms in total. The van der Waals surface area contributed by atoms with Crippen molar-refractivity contribution >= 4 is 22.9 Å². The summed E-state index contributed by atoms with van der Waals surface area (Å²) in [5, 5.41) is 0.774.